The molecular formula is C54H66N4O. The van der Waals surface area contributed by atoms with Crippen molar-refractivity contribution in [3.05, 3.63) is 167 Å². The van der Waals surface area contributed by atoms with Crippen LogP contribution >= 0.6 is 0 Å². The fraction of sp³-hybridized carbons (Fsp3) is 0.407. The van der Waals surface area contributed by atoms with Gasteiger partial charge in [-0.3, -0.25) is 19.9 Å². The highest BCUT2D eigenvalue weighted by Crippen LogP contribution is 2.36. The van der Waals surface area contributed by atoms with Crippen LogP contribution in [0.3, 0.4) is 0 Å². The van der Waals surface area contributed by atoms with Gasteiger partial charge in [-0.2, -0.15) is 0 Å². The molecule has 0 aliphatic carbocycles. The van der Waals surface area contributed by atoms with Gasteiger partial charge in [-0.1, -0.05) is 176 Å². The standard InChI is InChI=1S/C54H66N4O/c1-5-9-13-17-41-21-29-45(30-22-41)49-37-57-51(39-55-49)53(47-33-25-43(26-34-47)19-15-11-7-3)59-54(48-35-27-44(28-36-48)20-16-12-8-4)52-40-56-50(38-58-52)46-31-23-42(24-32-46)18-14-10-6-2/h21-40,53-54H,5-20H2,1-4H3. The van der Waals surface area contributed by atoms with Crippen LogP contribution in [0.1, 0.15) is 162 Å². The number of rotatable bonds is 24. The van der Waals surface area contributed by atoms with E-state index in [1.54, 1.807) is 0 Å². The zero-order chi connectivity index (χ0) is 41.1. The van der Waals surface area contributed by atoms with Crippen molar-refractivity contribution in [2.45, 2.75) is 143 Å². The molecule has 308 valence electrons. The van der Waals surface area contributed by atoms with E-state index in [1.165, 1.54) is 99.3 Å². The Labute approximate surface area is 355 Å². The Hall–Kier alpha value is -5.00. The van der Waals surface area contributed by atoms with Crippen molar-refractivity contribution in [2.24, 2.45) is 0 Å². The van der Waals surface area contributed by atoms with E-state index < -0.39 is 12.2 Å². The van der Waals surface area contributed by atoms with E-state index in [0.29, 0.717) is 0 Å². The number of unbranched alkanes of at least 4 members (excludes halogenated alkanes) is 8. The molecule has 0 amide bonds. The van der Waals surface area contributed by atoms with Crippen LogP contribution in [0.15, 0.2) is 122 Å². The van der Waals surface area contributed by atoms with Crippen LogP contribution in [0, 0.1) is 0 Å². The van der Waals surface area contributed by atoms with Crippen LogP contribution in [0.25, 0.3) is 22.5 Å². The van der Waals surface area contributed by atoms with Crippen molar-refractivity contribution in [2.75, 3.05) is 0 Å². The number of benzene rings is 4. The molecule has 6 rings (SSSR count). The molecule has 0 radical (unpaired) electrons. The van der Waals surface area contributed by atoms with Gasteiger partial charge in [0.1, 0.15) is 12.2 Å². The Morgan fingerprint density at radius 1 is 0.356 bits per heavy atom. The average Bonchev–Trinajstić information content (AvgIpc) is 3.29. The summed E-state index contributed by atoms with van der Waals surface area (Å²) in [6, 6.07) is 35.4. The lowest BCUT2D eigenvalue weighted by molar-refractivity contribution is 0.0258. The maximum atomic E-state index is 7.28. The van der Waals surface area contributed by atoms with Gasteiger partial charge in [-0.25, -0.2) is 0 Å². The fourth-order valence-corrected chi connectivity index (χ4v) is 7.74. The molecule has 6 aromatic rings. The minimum atomic E-state index is -0.488. The normalized spacial score (nSPS) is 12.4. The molecule has 2 unspecified atom stereocenters. The zero-order valence-corrected chi connectivity index (χ0v) is 36.2. The lowest BCUT2D eigenvalue weighted by atomic mass is 9.99. The first-order chi connectivity index (χ1) is 29.1. The maximum absolute atomic E-state index is 7.28. The first-order valence-corrected chi connectivity index (χ1v) is 22.7. The summed E-state index contributed by atoms with van der Waals surface area (Å²) in [6.07, 6.45) is 25.6. The number of hydrogen-bond acceptors (Lipinski definition) is 5. The van der Waals surface area contributed by atoms with E-state index in [1.807, 2.05) is 24.8 Å². The van der Waals surface area contributed by atoms with E-state index in [2.05, 4.69) is 125 Å². The minimum Gasteiger partial charge on any atom is -0.353 e. The highest BCUT2D eigenvalue weighted by atomic mass is 16.5. The number of ether oxygens (including phenoxy) is 1. The lowest BCUT2D eigenvalue weighted by Crippen LogP contribution is -2.16. The number of aryl methyl sites for hydroxylation is 4. The molecule has 0 saturated heterocycles. The van der Waals surface area contributed by atoms with Crippen LogP contribution < -0.4 is 0 Å². The Kier molecular flexibility index (Phi) is 17.4. The van der Waals surface area contributed by atoms with Crippen LogP contribution in [0.2, 0.25) is 0 Å². The quantitative estimate of drug-likeness (QED) is 0.0572. The number of aromatic nitrogens is 4. The van der Waals surface area contributed by atoms with Gasteiger partial charge in [0.15, 0.2) is 0 Å². The molecule has 5 nitrogen and oxygen atoms in total. The Balaban J connectivity index is 1.32. The Bertz CT molecular complexity index is 1910. The fourth-order valence-electron chi connectivity index (χ4n) is 7.74. The Morgan fingerprint density at radius 3 is 0.932 bits per heavy atom. The molecule has 0 spiro atoms. The van der Waals surface area contributed by atoms with Crippen molar-refractivity contribution >= 4 is 0 Å². The van der Waals surface area contributed by atoms with Crippen molar-refractivity contribution in [1.82, 2.24) is 19.9 Å². The molecule has 0 aliphatic heterocycles. The number of hydrogen-bond donors (Lipinski definition) is 0. The summed E-state index contributed by atoms with van der Waals surface area (Å²) in [5.41, 5.74) is 12.8. The van der Waals surface area contributed by atoms with Crippen molar-refractivity contribution in [3.63, 3.8) is 0 Å². The molecule has 0 saturated carbocycles. The monoisotopic (exact) mass is 787 g/mol. The van der Waals surface area contributed by atoms with Crippen molar-refractivity contribution < 1.29 is 4.74 Å². The third-order valence-corrected chi connectivity index (χ3v) is 11.5. The largest absolute Gasteiger partial charge is 0.353 e. The highest BCUT2D eigenvalue weighted by Gasteiger charge is 2.26. The second kappa shape index (κ2) is 23.6. The molecule has 2 heterocycles. The molecule has 5 heteroatoms. The first-order valence-electron chi connectivity index (χ1n) is 22.7. The molecule has 2 aromatic heterocycles. The zero-order valence-electron chi connectivity index (χ0n) is 36.2. The third-order valence-electron chi connectivity index (χ3n) is 11.5. The van der Waals surface area contributed by atoms with E-state index >= 15 is 0 Å². The summed E-state index contributed by atoms with van der Waals surface area (Å²) in [5, 5.41) is 0. The summed E-state index contributed by atoms with van der Waals surface area (Å²) >= 11 is 0. The second-order valence-corrected chi connectivity index (χ2v) is 16.3. The molecule has 0 aliphatic rings. The van der Waals surface area contributed by atoms with E-state index in [0.717, 1.165) is 70.7 Å². The second-order valence-electron chi connectivity index (χ2n) is 16.3. The van der Waals surface area contributed by atoms with Gasteiger partial charge in [-0.05, 0) is 84.7 Å². The summed E-state index contributed by atoms with van der Waals surface area (Å²) in [4.78, 5) is 20.0. The summed E-state index contributed by atoms with van der Waals surface area (Å²) in [7, 11) is 0. The molecule has 0 fully saturated rings. The van der Waals surface area contributed by atoms with Gasteiger partial charge in [-0.15, -0.1) is 0 Å². The third kappa shape index (κ3) is 13.0. The predicted molar refractivity (Wildman–Crippen MR) is 246 cm³/mol. The van der Waals surface area contributed by atoms with Crippen LogP contribution in [0.4, 0.5) is 0 Å². The van der Waals surface area contributed by atoms with Gasteiger partial charge in [0.05, 0.1) is 47.6 Å². The van der Waals surface area contributed by atoms with Crippen LogP contribution in [-0.2, 0) is 30.4 Å². The molecule has 0 bridgehead atoms. The van der Waals surface area contributed by atoms with Gasteiger partial charge < -0.3 is 4.74 Å². The maximum Gasteiger partial charge on any atom is 0.127 e. The smallest absolute Gasteiger partial charge is 0.127 e. The molecular weight excluding hydrogens is 721 g/mol. The van der Waals surface area contributed by atoms with E-state index in [9.17, 15) is 0 Å². The van der Waals surface area contributed by atoms with E-state index in [4.69, 9.17) is 24.7 Å². The topological polar surface area (TPSA) is 60.8 Å². The van der Waals surface area contributed by atoms with Gasteiger partial charge in [0, 0.05) is 11.1 Å². The van der Waals surface area contributed by atoms with Gasteiger partial charge in [0.2, 0.25) is 0 Å². The van der Waals surface area contributed by atoms with E-state index in [-0.39, 0.29) is 0 Å². The highest BCUT2D eigenvalue weighted by molar-refractivity contribution is 5.59. The molecule has 2 atom stereocenters. The summed E-state index contributed by atoms with van der Waals surface area (Å²) < 4.78 is 7.28. The molecule has 59 heavy (non-hydrogen) atoms. The van der Waals surface area contributed by atoms with Crippen LogP contribution in [-0.4, -0.2) is 19.9 Å². The summed E-state index contributed by atoms with van der Waals surface area (Å²) in [6.45, 7) is 9.00. The average molecular weight is 787 g/mol. The summed E-state index contributed by atoms with van der Waals surface area (Å²) in [5.74, 6) is 0. The number of nitrogens with zero attached hydrogens (tertiary/aromatic N) is 4. The van der Waals surface area contributed by atoms with Crippen molar-refractivity contribution in [3.8, 4) is 22.5 Å². The molecule has 0 N–H and O–H groups in total. The molecule has 4 aromatic carbocycles. The van der Waals surface area contributed by atoms with Crippen LogP contribution in [0.5, 0.6) is 0 Å². The predicted octanol–water partition coefficient (Wildman–Crippen LogP) is 14.4. The lowest BCUT2D eigenvalue weighted by Gasteiger charge is -2.25. The first kappa shape index (κ1) is 43.6. The Morgan fingerprint density at radius 2 is 0.661 bits per heavy atom. The van der Waals surface area contributed by atoms with Crippen molar-refractivity contribution in [1.29, 1.82) is 0 Å². The van der Waals surface area contributed by atoms with Gasteiger partial charge in [0.25, 0.3) is 0 Å². The van der Waals surface area contributed by atoms with Gasteiger partial charge >= 0.3 is 0 Å². The minimum absolute atomic E-state index is 0.488. The SMILES string of the molecule is CCCCCc1ccc(-c2cnc(C(OC(c3ccc(CCCCC)cc3)c3cnc(-c4ccc(CCCCC)cc4)cn3)c3ccc(CCCCC)cc3)cn2)cc1.